The number of carbonyl (C=O) groups is 2. The topological polar surface area (TPSA) is 43.4 Å². The van der Waals surface area contributed by atoms with Crippen molar-refractivity contribution in [2.24, 2.45) is 11.8 Å². The van der Waals surface area contributed by atoms with E-state index in [9.17, 15) is 9.59 Å². The van der Waals surface area contributed by atoms with Crippen LogP contribution in [0.1, 0.15) is 46.1 Å². The SMILES string of the molecule is CCOC(=O)C(C/C=C(\C)CCc1ccccc1)C(=O)C(C)C. The Balaban J connectivity index is 2.63. The molecule has 3 nitrogen and oxygen atoms in total. The minimum Gasteiger partial charge on any atom is -0.465 e. The molecule has 0 bridgehead atoms. The summed E-state index contributed by atoms with van der Waals surface area (Å²) in [5.74, 6) is -1.29. The van der Waals surface area contributed by atoms with Gasteiger partial charge in [-0.05, 0) is 38.7 Å². The summed E-state index contributed by atoms with van der Waals surface area (Å²) >= 11 is 0. The zero-order valence-corrected chi connectivity index (χ0v) is 14.7. The van der Waals surface area contributed by atoms with Crippen LogP contribution in [0.25, 0.3) is 0 Å². The number of carbonyl (C=O) groups excluding carboxylic acids is 2. The van der Waals surface area contributed by atoms with E-state index in [1.165, 1.54) is 11.1 Å². The lowest BCUT2D eigenvalue weighted by molar-refractivity contribution is -0.152. The molecule has 0 fully saturated rings. The minimum atomic E-state index is -0.679. The van der Waals surface area contributed by atoms with Crippen molar-refractivity contribution < 1.29 is 14.3 Å². The van der Waals surface area contributed by atoms with Gasteiger partial charge >= 0.3 is 5.97 Å². The Morgan fingerprint density at radius 3 is 2.39 bits per heavy atom. The van der Waals surface area contributed by atoms with Crippen LogP contribution >= 0.6 is 0 Å². The number of hydrogen-bond donors (Lipinski definition) is 0. The Labute approximate surface area is 139 Å². The molecule has 1 aromatic rings. The van der Waals surface area contributed by atoms with E-state index < -0.39 is 11.9 Å². The molecular weight excluding hydrogens is 288 g/mol. The van der Waals surface area contributed by atoms with E-state index in [4.69, 9.17) is 4.74 Å². The molecule has 0 saturated heterocycles. The molecule has 126 valence electrons. The molecule has 1 unspecified atom stereocenters. The van der Waals surface area contributed by atoms with Crippen molar-refractivity contribution in [2.75, 3.05) is 6.61 Å². The molecule has 3 heteroatoms. The van der Waals surface area contributed by atoms with Crippen molar-refractivity contribution in [3.05, 3.63) is 47.5 Å². The fourth-order valence-corrected chi connectivity index (χ4v) is 2.38. The highest BCUT2D eigenvalue weighted by molar-refractivity contribution is 6.00. The summed E-state index contributed by atoms with van der Waals surface area (Å²) in [6.45, 7) is 7.75. The van der Waals surface area contributed by atoms with Crippen molar-refractivity contribution in [1.29, 1.82) is 0 Å². The lowest BCUT2D eigenvalue weighted by atomic mass is 9.91. The molecule has 0 heterocycles. The van der Waals surface area contributed by atoms with E-state index in [1.807, 2.05) is 45.0 Å². The Morgan fingerprint density at radius 2 is 1.83 bits per heavy atom. The summed E-state index contributed by atoms with van der Waals surface area (Å²) < 4.78 is 5.05. The van der Waals surface area contributed by atoms with Gasteiger partial charge in [0.1, 0.15) is 11.7 Å². The van der Waals surface area contributed by atoms with Crippen LogP contribution in [0, 0.1) is 11.8 Å². The van der Waals surface area contributed by atoms with Crippen molar-refractivity contribution in [3.8, 4) is 0 Å². The third-order valence-corrected chi connectivity index (χ3v) is 3.84. The number of allylic oxidation sites excluding steroid dienone is 2. The molecule has 0 spiro atoms. The zero-order valence-electron chi connectivity index (χ0n) is 14.7. The van der Waals surface area contributed by atoms with Gasteiger partial charge in [-0.25, -0.2) is 0 Å². The first-order valence-electron chi connectivity index (χ1n) is 8.35. The van der Waals surface area contributed by atoms with E-state index >= 15 is 0 Å². The highest BCUT2D eigenvalue weighted by atomic mass is 16.5. The van der Waals surface area contributed by atoms with Crippen LogP contribution in [0.15, 0.2) is 42.0 Å². The third-order valence-electron chi connectivity index (χ3n) is 3.84. The molecule has 1 rings (SSSR count). The second kappa shape index (κ2) is 9.98. The maximum absolute atomic E-state index is 12.2. The summed E-state index contributed by atoms with van der Waals surface area (Å²) in [5.41, 5.74) is 2.49. The summed E-state index contributed by atoms with van der Waals surface area (Å²) in [5, 5.41) is 0. The van der Waals surface area contributed by atoms with Gasteiger partial charge in [0, 0.05) is 5.92 Å². The lowest BCUT2D eigenvalue weighted by Gasteiger charge is -2.15. The maximum atomic E-state index is 12.2. The van der Waals surface area contributed by atoms with Gasteiger partial charge in [0.05, 0.1) is 6.61 Å². The summed E-state index contributed by atoms with van der Waals surface area (Å²) in [7, 11) is 0. The van der Waals surface area contributed by atoms with Crippen LogP contribution < -0.4 is 0 Å². The molecule has 0 radical (unpaired) electrons. The number of hydrogen-bond acceptors (Lipinski definition) is 3. The number of rotatable bonds is 9. The Morgan fingerprint density at radius 1 is 1.17 bits per heavy atom. The number of ether oxygens (including phenoxy) is 1. The minimum absolute atomic E-state index is 0.0458. The fourth-order valence-electron chi connectivity index (χ4n) is 2.38. The van der Waals surface area contributed by atoms with Gasteiger partial charge in [-0.2, -0.15) is 0 Å². The van der Waals surface area contributed by atoms with Crippen molar-refractivity contribution >= 4 is 11.8 Å². The average Bonchev–Trinajstić information content (AvgIpc) is 2.54. The quantitative estimate of drug-likeness (QED) is 0.386. The van der Waals surface area contributed by atoms with Gasteiger partial charge in [-0.15, -0.1) is 0 Å². The molecule has 1 atom stereocenters. The number of ketones is 1. The van der Waals surface area contributed by atoms with Gasteiger partial charge in [0.2, 0.25) is 0 Å². The van der Waals surface area contributed by atoms with E-state index in [1.54, 1.807) is 6.92 Å². The number of esters is 1. The molecule has 0 saturated carbocycles. The van der Waals surface area contributed by atoms with Crippen LogP contribution in [0.2, 0.25) is 0 Å². The van der Waals surface area contributed by atoms with E-state index in [0.29, 0.717) is 13.0 Å². The normalized spacial score (nSPS) is 13.0. The van der Waals surface area contributed by atoms with E-state index in [0.717, 1.165) is 12.8 Å². The second-order valence-corrected chi connectivity index (χ2v) is 6.13. The molecule has 0 aliphatic rings. The first-order chi connectivity index (χ1) is 11.0. The van der Waals surface area contributed by atoms with Gasteiger partial charge < -0.3 is 4.74 Å². The number of Topliss-reactive ketones (excluding diaryl/α,β-unsaturated/α-hetero) is 1. The van der Waals surface area contributed by atoms with E-state index in [2.05, 4.69) is 12.1 Å². The lowest BCUT2D eigenvalue weighted by Crippen LogP contribution is -2.29. The maximum Gasteiger partial charge on any atom is 0.316 e. The predicted molar refractivity (Wildman–Crippen MR) is 93.1 cm³/mol. The van der Waals surface area contributed by atoms with Crippen LogP contribution in [-0.4, -0.2) is 18.4 Å². The van der Waals surface area contributed by atoms with Crippen LogP contribution in [0.4, 0.5) is 0 Å². The summed E-state index contributed by atoms with van der Waals surface area (Å²) in [4.78, 5) is 24.2. The van der Waals surface area contributed by atoms with Crippen LogP contribution in [0.5, 0.6) is 0 Å². The molecular formula is C20H28O3. The summed E-state index contributed by atoms with van der Waals surface area (Å²) in [6.07, 6.45) is 4.32. The monoisotopic (exact) mass is 316 g/mol. The van der Waals surface area contributed by atoms with Crippen LogP contribution in [0.3, 0.4) is 0 Å². The van der Waals surface area contributed by atoms with Crippen molar-refractivity contribution in [3.63, 3.8) is 0 Å². The predicted octanol–water partition coefficient (Wildman–Crippen LogP) is 4.36. The first-order valence-corrected chi connectivity index (χ1v) is 8.35. The molecule has 23 heavy (non-hydrogen) atoms. The van der Waals surface area contributed by atoms with Gasteiger partial charge in [0.25, 0.3) is 0 Å². The molecule has 0 N–H and O–H groups in total. The molecule has 0 aliphatic carbocycles. The molecule has 0 aliphatic heterocycles. The molecule has 0 aromatic heterocycles. The highest BCUT2D eigenvalue weighted by Crippen LogP contribution is 2.17. The third kappa shape index (κ3) is 6.81. The highest BCUT2D eigenvalue weighted by Gasteiger charge is 2.28. The van der Waals surface area contributed by atoms with Crippen molar-refractivity contribution in [1.82, 2.24) is 0 Å². The number of benzene rings is 1. The average molecular weight is 316 g/mol. The Kier molecular flexibility index (Phi) is 8.31. The van der Waals surface area contributed by atoms with Gasteiger partial charge in [0.15, 0.2) is 0 Å². The largest absolute Gasteiger partial charge is 0.465 e. The Bertz CT molecular complexity index is 529. The standard InChI is InChI=1S/C20H28O3/c1-5-23-20(22)18(19(21)15(2)3)14-12-16(4)11-13-17-9-7-6-8-10-17/h6-10,12,15,18H,5,11,13-14H2,1-4H3/b16-12+. The van der Waals surface area contributed by atoms with Crippen molar-refractivity contribution in [2.45, 2.75) is 47.0 Å². The molecule has 1 aromatic carbocycles. The smallest absolute Gasteiger partial charge is 0.316 e. The zero-order chi connectivity index (χ0) is 17.2. The fraction of sp³-hybridized carbons (Fsp3) is 0.500. The summed E-state index contributed by atoms with van der Waals surface area (Å²) in [6, 6.07) is 10.3. The second-order valence-electron chi connectivity index (χ2n) is 6.13. The Hall–Kier alpha value is -1.90. The first kappa shape index (κ1) is 19.1. The van der Waals surface area contributed by atoms with E-state index in [-0.39, 0.29) is 11.7 Å². The number of aryl methyl sites for hydroxylation is 1. The molecule has 0 amide bonds. The van der Waals surface area contributed by atoms with Crippen LogP contribution in [-0.2, 0) is 20.7 Å². The van der Waals surface area contributed by atoms with Gasteiger partial charge in [-0.1, -0.05) is 55.8 Å². The van der Waals surface area contributed by atoms with Gasteiger partial charge in [-0.3, -0.25) is 9.59 Å².